The molecule has 1 saturated carbocycles. The Morgan fingerprint density at radius 3 is 2.31 bits per heavy atom. The zero-order valence-corrected chi connectivity index (χ0v) is 18.5. The van der Waals surface area contributed by atoms with Crippen LogP contribution in [0.2, 0.25) is 0 Å². The van der Waals surface area contributed by atoms with E-state index in [-0.39, 0.29) is 0 Å². The van der Waals surface area contributed by atoms with Gasteiger partial charge in [-0.3, -0.25) is 0 Å². The molecule has 0 saturated heterocycles. The third-order valence-corrected chi connectivity index (χ3v) is 7.70. The zero-order chi connectivity index (χ0) is 20.1. The van der Waals surface area contributed by atoms with E-state index in [9.17, 15) is 0 Å². The van der Waals surface area contributed by atoms with Gasteiger partial charge in [0, 0.05) is 0 Å². The molecule has 0 heteroatoms. The maximum Gasteiger partial charge on any atom is -0.0181 e. The van der Waals surface area contributed by atoms with Crippen molar-refractivity contribution in [1.29, 1.82) is 0 Å². The number of hydrogen-bond acceptors (Lipinski definition) is 0. The van der Waals surface area contributed by atoms with E-state index in [1.165, 1.54) is 74.5 Å². The monoisotopic (exact) mass is 386 g/mol. The minimum absolute atomic E-state index is 0.925. The molecule has 0 N–H and O–H groups in total. The lowest BCUT2D eigenvalue weighted by Crippen LogP contribution is -2.26. The number of aryl methyl sites for hydroxylation is 2. The molecule has 2 aliphatic rings. The van der Waals surface area contributed by atoms with Gasteiger partial charge < -0.3 is 0 Å². The fourth-order valence-corrected chi connectivity index (χ4v) is 5.74. The third kappa shape index (κ3) is 5.03. The van der Waals surface area contributed by atoms with Crippen molar-refractivity contribution in [1.82, 2.24) is 0 Å². The summed E-state index contributed by atoms with van der Waals surface area (Å²) in [5, 5.41) is 0. The predicted molar refractivity (Wildman–Crippen MR) is 126 cm³/mol. The SMILES string of the molecule is C/C=C/CCC1CCC(C2CCc3cc(-c4ccc(CC)cc4)ccc3C2)CC1. The molecule has 1 unspecified atom stereocenters. The lowest BCUT2D eigenvalue weighted by Gasteiger charge is -2.36. The van der Waals surface area contributed by atoms with E-state index in [2.05, 4.69) is 68.5 Å². The summed E-state index contributed by atoms with van der Waals surface area (Å²) in [5.74, 6) is 2.89. The molecule has 1 fully saturated rings. The molecule has 0 amide bonds. The van der Waals surface area contributed by atoms with Gasteiger partial charge in [0.1, 0.15) is 0 Å². The van der Waals surface area contributed by atoms with E-state index < -0.39 is 0 Å². The van der Waals surface area contributed by atoms with Gasteiger partial charge in [-0.15, -0.1) is 0 Å². The summed E-state index contributed by atoms with van der Waals surface area (Å²) in [6.07, 6.45) is 18.2. The van der Waals surface area contributed by atoms with Crippen LogP contribution in [0.1, 0.15) is 75.5 Å². The van der Waals surface area contributed by atoms with Crippen LogP contribution in [0, 0.1) is 17.8 Å². The minimum Gasteiger partial charge on any atom is -0.0917 e. The van der Waals surface area contributed by atoms with Gasteiger partial charge in [-0.1, -0.05) is 74.4 Å². The van der Waals surface area contributed by atoms with Crippen LogP contribution in [-0.4, -0.2) is 0 Å². The topological polar surface area (TPSA) is 0 Å². The van der Waals surface area contributed by atoms with Crippen LogP contribution in [0.15, 0.2) is 54.6 Å². The number of benzene rings is 2. The molecule has 0 heterocycles. The Hall–Kier alpha value is -1.82. The molecule has 2 aliphatic carbocycles. The van der Waals surface area contributed by atoms with Gasteiger partial charge in [-0.05, 0) is 104 Å². The molecular formula is C29H38. The predicted octanol–water partition coefficient (Wildman–Crippen LogP) is 8.18. The smallest absolute Gasteiger partial charge is 0.0181 e. The first-order valence-electron chi connectivity index (χ1n) is 12.1. The van der Waals surface area contributed by atoms with Gasteiger partial charge in [-0.25, -0.2) is 0 Å². The fraction of sp³-hybridized carbons (Fsp3) is 0.517. The standard InChI is InChI=1S/C29H38/c1-3-5-6-7-23-10-14-25(15-11-23)27-17-19-28-20-26(16-18-29(28)21-27)24-12-8-22(4-2)9-13-24/h3,5,8-9,12-13,16,18,20,23,25,27H,4,6-7,10-11,14-15,17,19,21H2,1-2H3/b5-3+. The largest absolute Gasteiger partial charge is 0.0917 e. The van der Waals surface area contributed by atoms with E-state index in [0.29, 0.717) is 0 Å². The van der Waals surface area contributed by atoms with Crippen molar-refractivity contribution < 1.29 is 0 Å². The first-order valence-corrected chi connectivity index (χ1v) is 12.1. The van der Waals surface area contributed by atoms with Crippen molar-refractivity contribution in [3.63, 3.8) is 0 Å². The summed E-state index contributed by atoms with van der Waals surface area (Å²) in [6.45, 7) is 4.36. The minimum atomic E-state index is 0.925. The summed E-state index contributed by atoms with van der Waals surface area (Å²) in [5.41, 5.74) is 7.42. The van der Waals surface area contributed by atoms with Gasteiger partial charge in [0.2, 0.25) is 0 Å². The Morgan fingerprint density at radius 2 is 1.59 bits per heavy atom. The first-order chi connectivity index (χ1) is 14.3. The summed E-state index contributed by atoms with van der Waals surface area (Å²) < 4.78 is 0. The lowest BCUT2D eigenvalue weighted by molar-refractivity contribution is 0.185. The van der Waals surface area contributed by atoms with Gasteiger partial charge >= 0.3 is 0 Å². The molecule has 29 heavy (non-hydrogen) atoms. The van der Waals surface area contributed by atoms with Crippen molar-refractivity contribution in [2.24, 2.45) is 17.8 Å². The van der Waals surface area contributed by atoms with Crippen LogP contribution in [0.25, 0.3) is 11.1 Å². The van der Waals surface area contributed by atoms with Crippen molar-refractivity contribution in [2.45, 2.75) is 78.1 Å². The van der Waals surface area contributed by atoms with E-state index in [1.807, 2.05) is 0 Å². The highest BCUT2D eigenvalue weighted by Crippen LogP contribution is 2.41. The van der Waals surface area contributed by atoms with Crippen LogP contribution in [0.3, 0.4) is 0 Å². The average Bonchev–Trinajstić information content (AvgIpc) is 2.79. The molecule has 0 aromatic heterocycles. The second-order valence-electron chi connectivity index (χ2n) is 9.46. The highest BCUT2D eigenvalue weighted by atomic mass is 14.3. The average molecular weight is 387 g/mol. The van der Waals surface area contributed by atoms with E-state index in [1.54, 1.807) is 11.1 Å². The summed E-state index contributed by atoms with van der Waals surface area (Å²) in [7, 11) is 0. The first kappa shape index (κ1) is 20.5. The number of rotatable bonds is 6. The molecule has 0 bridgehead atoms. The van der Waals surface area contributed by atoms with Crippen LogP contribution < -0.4 is 0 Å². The highest BCUT2D eigenvalue weighted by Gasteiger charge is 2.30. The molecule has 2 aromatic rings. The van der Waals surface area contributed by atoms with E-state index in [0.717, 1.165) is 24.2 Å². The molecule has 0 radical (unpaired) electrons. The maximum absolute atomic E-state index is 2.48. The van der Waals surface area contributed by atoms with Crippen LogP contribution >= 0.6 is 0 Å². The second-order valence-corrected chi connectivity index (χ2v) is 9.46. The van der Waals surface area contributed by atoms with Crippen molar-refractivity contribution in [2.75, 3.05) is 0 Å². The van der Waals surface area contributed by atoms with E-state index >= 15 is 0 Å². The van der Waals surface area contributed by atoms with E-state index in [4.69, 9.17) is 0 Å². The normalized spacial score (nSPS) is 24.6. The van der Waals surface area contributed by atoms with Gasteiger partial charge in [0.25, 0.3) is 0 Å². The molecule has 0 spiro atoms. The molecule has 154 valence electrons. The van der Waals surface area contributed by atoms with Crippen LogP contribution in [0.5, 0.6) is 0 Å². The molecular weight excluding hydrogens is 348 g/mol. The number of fused-ring (bicyclic) bond motifs is 1. The molecule has 0 aliphatic heterocycles. The highest BCUT2D eigenvalue weighted by molar-refractivity contribution is 5.65. The van der Waals surface area contributed by atoms with Gasteiger partial charge in [-0.2, -0.15) is 0 Å². The van der Waals surface area contributed by atoms with Crippen molar-refractivity contribution >= 4 is 0 Å². The summed E-state index contributed by atoms with van der Waals surface area (Å²) in [4.78, 5) is 0. The Morgan fingerprint density at radius 1 is 0.828 bits per heavy atom. The Bertz CT molecular complexity index is 802. The molecule has 2 aromatic carbocycles. The zero-order valence-electron chi connectivity index (χ0n) is 18.5. The summed E-state index contributed by atoms with van der Waals surface area (Å²) >= 11 is 0. The number of allylic oxidation sites excluding steroid dienone is 2. The maximum atomic E-state index is 2.48. The molecule has 4 rings (SSSR count). The van der Waals surface area contributed by atoms with Crippen LogP contribution in [0.4, 0.5) is 0 Å². The fourth-order valence-electron chi connectivity index (χ4n) is 5.74. The Balaban J connectivity index is 1.35. The summed E-state index contributed by atoms with van der Waals surface area (Å²) in [6, 6.07) is 16.4. The van der Waals surface area contributed by atoms with Crippen molar-refractivity contribution in [3.8, 4) is 11.1 Å². The Labute approximate surface area is 178 Å². The lowest BCUT2D eigenvalue weighted by atomic mass is 9.69. The van der Waals surface area contributed by atoms with Gasteiger partial charge in [0.15, 0.2) is 0 Å². The second kappa shape index (κ2) is 9.79. The molecule has 0 nitrogen and oxygen atoms in total. The van der Waals surface area contributed by atoms with Crippen LogP contribution in [-0.2, 0) is 19.3 Å². The van der Waals surface area contributed by atoms with Gasteiger partial charge in [0.05, 0.1) is 0 Å². The third-order valence-electron chi connectivity index (χ3n) is 7.70. The quantitative estimate of drug-likeness (QED) is 0.439. The van der Waals surface area contributed by atoms with Crippen molar-refractivity contribution in [3.05, 3.63) is 71.3 Å². The number of hydrogen-bond donors (Lipinski definition) is 0. The Kier molecular flexibility index (Phi) is 6.90. The molecule has 1 atom stereocenters.